The molecule has 3 nitrogen and oxygen atoms in total. The fourth-order valence-electron chi connectivity index (χ4n) is 2.36. The van der Waals surface area contributed by atoms with Crippen molar-refractivity contribution in [3.8, 4) is 0 Å². The molecule has 16 heavy (non-hydrogen) atoms. The van der Waals surface area contributed by atoms with Gasteiger partial charge in [0.2, 0.25) is 0 Å². The third-order valence-electron chi connectivity index (χ3n) is 3.45. The number of ether oxygens (including phenoxy) is 2. The SMILES string of the molecule is CCC1CCNC(CCCOCCOC)C1. The predicted molar refractivity (Wildman–Crippen MR) is 66.7 cm³/mol. The van der Waals surface area contributed by atoms with Crippen molar-refractivity contribution in [2.24, 2.45) is 5.92 Å². The summed E-state index contributed by atoms with van der Waals surface area (Å²) in [6, 6.07) is 0.727. The van der Waals surface area contributed by atoms with E-state index < -0.39 is 0 Å². The van der Waals surface area contributed by atoms with Gasteiger partial charge in [-0.25, -0.2) is 0 Å². The normalized spacial score (nSPS) is 25.9. The van der Waals surface area contributed by atoms with Crippen LogP contribution in [0.3, 0.4) is 0 Å². The van der Waals surface area contributed by atoms with Crippen LogP contribution in [-0.2, 0) is 9.47 Å². The zero-order valence-corrected chi connectivity index (χ0v) is 10.8. The van der Waals surface area contributed by atoms with E-state index in [0.29, 0.717) is 6.61 Å². The highest BCUT2D eigenvalue weighted by molar-refractivity contribution is 4.77. The van der Waals surface area contributed by atoms with Crippen LogP contribution in [-0.4, -0.2) is 39.5 Å². The van der Waals surface area contributed by atoms with Crippen LogP contribution < -0.4 is 5.32 Å². The first-order valence-corrected chi connectivity index (χ1v) is 6.66. The van der Waals surface area contributed by atoms with Crippen LogP contribution in [0.4, 0.5) is 0 Å². The van der Waals surface area contributed by atoms with E-state index >= 15 is 0 Å². The molecule has 0 amide bonds. The Balaban J connectivity index is 1.95. The van der Waals surface area contributed by atoms with Gasteiger partial charge >= 0.3 is 0 Å². The molecule has 3 heteroatoms. The first-order chi connectivity index (χ1) is 7.86. The monoisotopic (exact) mass is 229 g/mol. The Morgan fingerprint density at radius 3 is 2.88 bits per heavy atom. The minimum absolute atomic E-state index is 0.708. The molecular formula is C13H27NO2. The van der Waals surface area contributed by atoms with Crippen molar-refractivity contribution < 1.29 is 9.47 Å². The molecule has 1 aliphatic rings. The van der Waals surface area contributed by atoms with E-state index in [0.717, 1.165) is 31.6 Å². The van der Waals surface area contributed by atoms with Gasteiger partial charge in [0, 0.05) is 19.8 Å². The van der Waals surface area contributed by atoms with Crippen molar-refractivity contribution >= 4 is 0 Å². The molecule has 0 aromatic carbocycles. The fraction of sp³-hybridized carbons (Fsp3) is 1.00. The number of methoxy groups -OCH3 is 1. The molecule has 0 aromatic rings. The lowest BCUT2D eigenvalue weighted by Gasteiger charge is -2.29. The largest absolute Gasteiger partial charge is 0.382 e. The first-order valence-electron chi connectivity index (χ1n) is 6.66. The summed E-state index contributed by atoms with van der Waals surface area (Å²) < 4.78 is 10.4. The van der Waals surface area contributed by atoms with Gasteiger partial charge in [-0.3, -0.25) is 0 Å². The van der Waals surface area contributed by atoms with E-state index in [9.17, 15) is 0 Å². The van der Waals surface area contributed by atoms with Crippen LogP contribution in [0, 0.1) is 5.92 Å². The molecule has 1 heterocycles. The highest BCUT2D eigenvalue weighted by Gasteiger charge is 2.19. The van der Waals surface area contributed by atoms with Crippen molar-refractivity contribution in [3.63, 3.8) is 0 Å². The van der Waals surface area contributed by atoms with Crippen LogP contribution >= 0.6 is 0 Å². The second-order valence-electron chi connectivity index (χ2n) is 4.70. The fourth-order valence-corrected chi connectivity index (χ4v) is 2.36. The summed E-state index contributed by atoms with van der Waals surface area (Å²) in [5.74, 6) is 0.945. The smallest absolute Gasteiger partial charge is 0.0700 e. The van der Waals surface area contributed by atoms with E-state index in [2.05, 4.69) is 12.2 Å². The number of nitrogens with one attached hydrogen (secondary N) is 1. The van der Waals surface area contributed by atoms with Gasteiger partial charge in [-0.2, -0.15) is 0 Å². The molecule has 1 rings (SSSR count). The van der Waals surface area contributed by atoms with Crippen LogP contribution in [0.1, 0.15) is 39.0 Å². The number of hydrogen-bond acceptors (Lipinski definition) is 3. The van der Waals surface area contributed by atoms with Crippen LogP contribution in [0.15, 0.2) is 0 Å². The lowest BCUT2D eigenvalue weighted by molar-refractivity contribution is 0.0670. The minimum atomic E-state index is 0.708. The molecule has 0 aliphatic carbocycles. The average Bonchev–Trinajstić information content (AvgIpc) is 2.34. The van der Waals surface area contributed by atoms with E-state index in [1.807, 2.05) is 0 Å². The molecule has 2 atom stereocenters. The summed E-state index contributed by atoms with van der Waals surface area (Å²) in [5.41, 5.74) is 0. The predicted octanol–water partition coefficient (Wildman–Crippen LogP) is 2.21. The highest BCUT2D eigenvalue weighted by Crippen LogP contribution is 2.21. The maximum Gasteiger partial charge on any atom is 0.0700 e. The molecule has 96 valence electrons. The third kappa shape index (κ3) is 5.83. The topological polar surface area (TPSA) is 30.5 Å². The standard InChI is InChI=1S/C13H27NO2/c1-3-12-6-7-14-13(11-12)5-4-8-16-10-9-15-2/h12-14H,3-11H2,1-2H3. The summed E-state index contributed by atoms with van der Waals surface area (Å²) >= 11 is 0. The molecule has 0 spiro atoms. The van der Waals surface area contributed by atoms with Crippen molar-refractivity contribution in [1.29, 1.82) is 0 Å². The summed E-state index contributed by atoms with van der Waals surface area (Å²) in [7, 11) is 1.71. The maximum absolute atomic E-state index is 5.47. The quantitative estimate of drug-likeness (QED) is 0.647. The molecule has 0 radical (unpaired) electrons. The minimum Gasteiger partial charge on any atom is -0.382 e. The van der Waals surface area contributed by atoms with Crippen molar-refractivity contribution in [2.75, 3.05) is 33.5 Å². The lowest BCUT2D eigenvalue weighted by atomic mass is 9.88. The molecule has 0 bridgehead atoms. The third-order valence-corrected chi connectivity index (χ3v) is 3.45. The van der Waals surface area contributed by atoms with Gasteiger partial charge in [0.1, 0.15) is 0 Å². The summed E-state index contributed by atoms with van der Waals surface area (Å²) in [5, 5.41) is 3.61. The van der Waals surface area contributed by atoms with E-state index in [1.165, 1.54) is 32.2 Å². The first kappa shape index (κ1) is 13.9. The summed E-state index contributed by atoms with van der Waals surface area (Å²) in [6.45, 7) is 5.82. The van der Waals surface area contributed by atoms with Gasteiger partial charge in [-0.15, -0.1) is 0 Å². The average molecular weight is 229 g/mol. The molecule has 1 aliphatic heterocycles. The zero-order chi connectivity index (χ0) is 11.6. The highest BCUT2D eigenvalue weighted by atomic mass is 16.5. The Labute approximate surface area is 99.9 Å². The summed E-state index contributed by atoms with van der Waals surface area (Å²) in [4.78, 5) is 0. The number of piperidine rings is 1. The second kappa shape index (κ2) is 8.97. The molecule has 1 saturated heterocycles. The van der Waals surface area contributed by atoms with Crippen molar-refractivity contribution in [2.45, 2.75) is 45.1 Å². The number of rotatable bonds is 8. The Hall–Kier alpha value is -0.120. The molecular weight excluding hydrogens is 202 g/mol. The van der Waals surface area contributed by atoms with E-state index in [1.54, 1.807) is 7.11 Å². The van der Waals surface area contributed by atoms with Gasteiger partial charge in [0.05, 0.1) is 13.2 Å². The van der Waals surface area contributed by atoms with Gasteiger partial charge < -0.3 is 14.8 Å². The Kier molecular flexibility index (Phi) is 7.81. The van der Waals surface area contributed by atoms with Gasteiger partial charge in [0.25, 0.3) is 0 Å². The van der Waals surface area contributed by atoms with E-state index in [-0.39, 0.29) is 0 Å². The summed E-state index contributed by atoms with van der Waals surface area (Å²) in [6.07, 6.45) is 6.47. The van der Waals surface area contributed by atoms with Gasteiger partial charge in [0.15, 0.2) is 0 Å². The zero-order valence-electron chi connectivity index (χ0n) is 10.8. The number of hydrogen-bond donors (Lipinski definition) is 1. The molecule has 2 unspecified atom stereocenters. The van der Waals surface area contributed by atoms with Gasteiger partial charge in [-0.05, 0) is 38.1 Å². The lowest BCUT2D eigenvalue weighted by Crippen LogP contribution is -2.38. The van der Waals surface area contributed by atoms with Crippen molar-refractivity contribution in [1.82, 2.24) is 5.32 Å². The molecule has 0 saturated carbocycles. The maximum atomic E-state index is 5.47. The van der Waals surface area contributed by atoms with E-state index in [4.69, 9.17) is 9.47 Å². The van der Waals surface area contributed by atoms with Crippen molar-refractivity contribution in [3.05, 3.63) is 0 Å². The Morgan fingerprint density at radius 2 is 2.12 bits per heavy atom. The van der Waals surface area contributed by atoms with Crippen LogP contribution in [0.25, 0.3) is 0 Å². The van der Waals surface area contributed by atoms with Gasteiger partial charge in [-0.1, -0.05) is 13.3 Å². The molecule has 1 N–H and O–H groups in total. The van der Waals surface area contributed by atoms with Crippen LogP contribution in [0.5, 0.6) is 0 Å². The Morgan fingerprint density at radius 1 is 1.25 bits per heavy atom. The second-order valence-corrected chi connectivity index (χ2v) is 4.70. The van der Waals surface area contributed by atoms with Crippen LogP contribution in [0.2, 0.25) is 0 Å². The molecule has 1 fully saturated rings. The Bertz CT molecular complexity index is 164. The molecule has 0 aromatic heterocycles.